The molecule has 2 unspecified atom stereocenters. The summed E-state index contributed by atoms with van der Waals surface area (Å²) in [5.41, 5.74) is -0.0600. The highest BCUT2D eigenvalue weighted by molar-refractivity contribution is 5.95. The van der Waals surface area contributed by atoms with Crippen LogP contribution in [0.25, 0.3) is 0 Å². The fourth-order valence-electron chi connectivity index (χ4n) is 2.22. The zero-order chi connectivity index (χ0) is 15.4. The Labute approximate surface area is 121 Å². The minimum atomic E-state index is -0.557. The van der Waals surface area contributed by atoms with Crippen molar-refractivity contribution in [3.8, 4) is 5.75 Å². The lowest BCUT2D eigenvalue weighted by Gasteiger charge is -2.16. The molecule has 1 fully saturated rings. The molecular weight excluding hydrogens is 278 g/mol. The Morgan fingerprint density at radius 2 is 2.24 bits per heavy atom. The van der Waals surface area contributed by atoms with Gasteiger partial charge in [0, 0.05) is 6.04 Å². The van der Waals surface area contributed by atoms with Crippen LogP contribution in [0.2, 0.25) is 0 Å². The molecule has 1 heterocycles. The molecule has 1 aliphatic heterocycles. The molecule has 0 aromatic heterocycles. The smallest absolute Gasteiger partial charge is 0.296 e. The molecular formula is C13H17N3O5. The van der Waals surface area contributed by atoms with Crippen molar-refractivity contribution in [2.24, 2.45) is 5.92 Å². The van der Waals surface area contributed by atoms with Gasteiger partial charge in [0.1, 0.15) is 11.4 Å². The van der Waals surface area contributed by atoms with Crippen molar-refractivity contribution in [1.82, 2.24) is 5.32 Å². The summed E-state index contributed by atoms with van der Waals surface area (Å²) in [7, 11) is 3.17. The SMILES string of the molecule is CNC1COCC1C(=O)Nc1ccc(OC)cc1[N+](=O)[O-]. The average Bonchev–Trinajstić information content (AvgIpc) is 2.96. The van der Waals surface area contributed by atoms with Gasteiger partial charge >= 0.3 is 0 Å². The molecule has 114 valence electrons. The summed E-state index contributed by atoms with van der Waals surface area (Å²) in [6.07, 6.45) is 0. The predicted molar refractivity (Wildman–Crippen MR) is 75.4 cm³/mol. The Bertz CT molecular complexity index is 549. The number of nitro benzene ring substituents is 1. The summed E-state index contributed by atoms with van der Waals surface area (Å²) in [6, 6.07) is 4.20. The van der Waals surface area contributed by atoms with Gasteiger partial charge in [-0.1, -0.05) is 0 Å². The lowest BCUT2D eigenvalue weighted by molar-refractivity contribution is -0.384. The molecule has 1 aromatic carbocycles. The third kappa shape index (κ3) is 3.29. The van der Waals surface area contributed by atoms with Crippen LogP contribution < -0.4 is 15.4 Å². The van der Waals surface area contributed by atoms with Crippen LogP contribution in [0, 0.1) is 16.0 Å². The fourth-order valence-corrected chi connectivity index (χ4v) is 2.22. The number of hydrogen-bond acceptors (Lipinski definition) is 6. The van der Waals surface area contributed by atoms with Crippen LogP contribution in [0.5, 0.6) is 5.75 Å². The van der Waals surface area contributed by atoms with Crippen LogP contribution in [0.3, 0.4) is 0 Å². The summed E-state index contributed by atoms with van der Waals surface area (Å²) in [5, 5.41) is 16.7. The van der Waals surface area contributed by atoms with Gasteiger partial charge in [-0.2, -0.15) is 0 Å². The van der Waals surface area contributed by atoms with Gasteiger partial charge < -0.3 is 20.1 Å². The first-order valence-corrected chi connectivity index (χ1v) is 6.45. The Hall–Kier alpha value is -2.19. The van der Waals surface area contributed by atoms with Crippen LogP contribution in [-0.4, -0.2) is 44.2 Å². The van der Waals surface area contributed by atoms with Crippen LogP contribution >= 0.6 is 0 Å². The summed E-state index contributed by atoms with van der Waals surface area (Å²) in [4.78, 5) is 22.7. The Balaban J connectivity index is 2.19. The second-order valence-electron chi connectivity index (χ2n) is 4.67. The maximum Gasteiger partial charge on any atom is 0.296 e. The van der Waals surface area contributed by atoms with Gasteiger partial charge in [0.25, 0.3) is 5.69 Å². The number of amides is 1. The quantitative estimate of drug-likeness (QED) is 0.614. The third-order valence-electron chi connectivity index (χ3n) is 3.45. The summed E-state index contributed by atoms with van der Waals surface area (Å²) >= 11 is 0. The molecule has 8 nitrogen and oxygen atoms in total. The lowest BCUT2D eigenvalue weighted by Crippen LogP contribution is -2.39. The van der Waals surface area contributed by atoms with Crippen molar-refractivity contribution < 1.29 is 19.2 Å². The number of carbonyl (C=O) groups is 1. The van der Waals surface area contributed by atoms with Gasteiger partial charge in [0.05, 0.1) is 37.2 Å². The number of carbonyl (C=O) groups excluding carboxylic acids is 1. The van der Waals surface area contributed by atoms with E-state index in [4.69, 9.17) is 9.47 Å². The Morgan fingerprint density at radius 3 is 2.86 bits per heavy atom. The number of methoxy groups -OCH3 is 1. The van der Waals surface area contributed by atoms with Gasteiger partial charge in [-0.3, -0.25) is 14.9 Å². The summed E-state index contributed by atoms with van der Waals surface area (Å²) < 4.78 is 10.2. The number of nitro groups is 1. The number of nitrogens with one attached hydrogen (secondary N) is 2. The Kier molecular flexibility index (Phi) is 4.71. The number of nitrogens with zero attached hydrogens (tertiary/aromatic N) is 1. The number of likely N-dealkylation sites (N-methyl/N-ethyl adjacent to an activating group) is 1. The molecule has 2 N–H and O–H groups in total. The topological polar surface area (TPSA) is 103 Å². The zero-order valence-corrected chi connectivity index (χ0v) is 11.8. The van der Waals surface area contributed by atoms with Crippen LogP contribution in [0.4, 0.5) is 11.4 Å². The van der Waals surface area contributed by atoms with E-state index in [-0.39, 0.29) is 29.2 Å². The maximum atomic E-state index is 12.2. The molecule has 0 bridgehead atoms. The molecule has 0 spiro atoms. The van der Waals surface area contributed by atoms with Crippen LogP contribution in [0.15, 0.2) is 18.2 Å². The highest BCUT2D eigenvalue weighted by Gasteiger charge is 2.33. The van der Waals surface area contributed by atoms with E-state index in [1.807, 2.05) is 0 Å². The van der Waals surface area contributed by atoms with Gasteiger partial charge in [0.2, 0.25) is 5.91 Å². The highest BCUT2D eigenvalue weighted by Crippen LogP contribution is 2.29. The minimum absolute atomic E-state index is 0.0951. The van der Waals surface area contributed by atoms with Crippen molar-refractivity contribution >= 4 is 17.3 Å². The van der Waals surface area contributed by atoms with E-state index in [1.54, 1.807) is 13.1 Å². The molecule has 0 radical (unpaired) electrons. The molecule has 2 atom stereocenters. The first kappa shape index (κ1) is 15.2. The van der Waals surface area contributed by atoms with Crippen molar-refractivity contribution in [2.75, 3.05) is 32.7 Å². The van der Waals surface area contributed by atoms with E-state index in [9.17, 15) is 14.9 Å². The van der Waals surface area contributed by atoms with Gasteiger partial charge in [0.15, 0.2) is 0 Å². The van der Waals surface area contributed by atoms with E-state index in [0.717, 1.165) is 0 Å². The van der Waals surface area contributed by atoms with Crippen molar-refractivity contribution in [1.29, 1.82) is 0 Å². The van der Waals surface area contributed by atoms with Gasteiger partial charge in [-0.15, -0.1) is 0 Å². The second kappa shape index (κ2) is 6.51. The summed E-state index contributed by atoms with van der Waals surface area (Å²) in [5.74, 6) is -0.325. The van der Waals surface area contributed by atoms with Gasteiger partial charge in [-0.25, -0.2) is 0 Å². The largest absolute Gasteiger partial charge is 0.496 e. The van der Waals surface area contributed by atoms with Gasteiger partial charge in [-0.05, 0) is 19.2 Å². The molecule has 0 saturated carbocycles. The molecule has 1 amide bonds. The van der Waals surface area contributed by atoms with Crippen molar-refractivity contribution in [3.05, 3.63) is 28.3 Å². The predicted octanol–water partition coefficient (Wildman–Crippen LogP) is 0.776. The number of ether oxygens (including phenoxy) is 2. The number of anilines is 1. The number of hydrogen-bond donors (Lipinski definition) is 2. The van der Waals surface area contributed by atoms with Crippen molar-refractivity contribution in [2.45, 2.75) is 6.04 Å². The second-order valence-corrected chi connectivity index (χ2v) is 4.67. The molecule has 0 aliphatic carbocycles. The molecule has 2 rings (SSSR count). The first-order valence-electron chi connectivity index (χ1n) is 6.45. The molecule has 1 saturated heterocycles. The first-order chi connectivity index (χ1) is 10.1. The summed E-state index contributed by atoms with van der Waals surface area (Å²) in [6.45, 7) is 0.737. The van der Waals surface area contributed by atoms with E-state index in [1.165, 1.54) is 19.2 Å². The van der Waals surface area contributed by atoms with E-state index >= 15 is 0 Å². The zero-order valence-electron chi connectivity index (χ0n) is 11.8. The number of benzene rings is 1. The lowest BCUT2D eigenvalue weighted by atomic mass is 10.0. The normalized spacial score (nSPS) is 21.0. The average molecular weight is 295 g/mol. The Morgan fingerprint density at radius 1 is 1.48 bits per heavy atom. The number of rotatable bonds is 5. The van der Waals surface area contributed by atoms with Crippen molar-refractivity contribution in [3.63, 3.8) is 0 Å². The third-order valence-corrected chi connectivity index (χ3v) is 3.45. The molecule has 1 aromatic rings. The monoisotopic (exact) mass is 295 g/mol. The minimum Gasteiger partial charge on any atom is -0.496 e. The van der Waals surface area contributed by atoms with Crippen LogP contribution in [-0.2, 0) is 9.53 Å². The van der Waals surface area contributed by atoms with Crippen LogP contribution in [0.1, 0.15) is 0 Å². The van der Waals surface area contributed by atoms with E-state index in [2.05, 4.69) is 10.6 Å². The standard InChI is InChI=1S/C13H17N3O5/c1-14-11-7-21-6-9(11)13(17)15-10-4-3-8(20-2)5-12(10)16(18)19/h3-5,9,11,14H,6-7H2,1-2H3,(H,15,17). The van der Waals surface area contributed by atoms with E-state index < -0.39 is 4.92 Å². The maximum absolute atomic E-state index is 12.2. The molecule has 8 heteroatoms. The van der Waals surface area contributed by atoms with E-state index in [0.29, 0.717) is 19.0 Å². The fraction of sp³-hybridized carbons (Fsp3) is 0.462. The molecule has 21 heavy (non-hydrogen) atoms. The molecule has 1 aliphatic rings. The highest BCUT2D eigenvalue weighted by atomic mass is 16.6.